The zero-order valence-corrected chi connectivity index (χ0v) is 6.88. The molecule has 0 saturated carbocycles. The fourth-order valence-corrected chi connectivity index (χ4v) is 0.683. The zero-order valence-electron chi connectivity index (χ0n) is 6.88. The second-order valence-electron chi connectivity index (χ2n) is 2.12. The summed E-state index contributed by atoms with van der Waals surface area (Å²) >= 11 is 0. The predicted octanol–water partition coefficient (Wildman–Crippen LogP) is 2.42. The van der Waals surface area contributed by atoms with Crippen molar-refractivity contribution in [1.29, 1.82) is 0 Å². The Balaban J connectivity index is 3.23. The molecule has 2 nitrogen and oxygen atoms in total. The Labute approximate surface area is 67.6 Å². The highest BCUT2D eigenvalue weighted by atomic mass is 16.5. The van der Waals surface area contributed by atoms with Gasteiger partial charge in [-0.05, 0) is 19.8 Å². The van der Waals surface area contributed by atoms with Crippen molar-refractivity contribution in [1.82, 2.24) is 0 Å². The Kier molecular flexibility index (Phi) is 6.39. The fraction of sp³-hybridized carbons (Fsp3) is 0.444. The van der Waals surface area contributed by atoms with Crippen LogP contribution in [-0.4, -0.2) is 5.97 Å². The number of hydrogen-bond acceptors (Lipinski definition) is 2. The third-order valence-corrected chi connectivity index (χ3v) is 1.20. The van der Waals surface area contributed by atoms with Gasteiger partial charge in [0, 0.05) is 6.42 Å². The first kappa shape index (κ1) is 9.95. The maximum atomic E-state index is 10.7. The first-order chi connectivity index (χ1) is 5.31. The molecular formula is C9H14O2. The Bertz CT molecular complexity index is 148. The van der Waals surface area contributed by atoms with Crippen molar-refractivity contribution in [2.24, 2.45) is 0 Å². The molecule has 0 heterocycles. The van der Waals surface area contributed by atoms with Crippen LogP contribution in [0.15, 0.2) is 25.0 Å². The highest BCUT2D eigenvalue weighted by molar-refractivity contribution is 5.69. The van der Waals surface area contributed by atoms with Crippen molar-refractivity contribution >= 4 is 5.97 Å². The summed E-state index contributed by atoms with van der Waals surface area (Å²) in [6.45, 7) is 5.25. The molecule has 0 fully saturated rings. The lowest BCUT2D eigenvalue weighted by atomic mass is 10.2. The summed E-state index contributed by atoms with van der Waals surface area (Å²) in [5.41, 5.74) is 0. The zero-order chi connectivity index (χ0) is 8.53. The van der Waals surface area contributed by atoms with Gasteiger partial charge in [-0.2, -0.15) is 0 Å². The maximum Gasteiger partial charge on any atom is 0.310 e. The van der Waals surface area contributed by atoms with Crippen LogP contribution in [0.4, 0.5) is 0 Å². The van der Waals surface area contributed by atoms with Gasteiger partial charge in [0.2, 0.25) is 0 Å². The summed E-state index contributed by atoms with van der Waals surface area (Å²) in [6, 6.07) is 0. The largest absolute Gasteiger partial charge is 0.435 e. The van der Waals surface area contributed by atoms with E-state index in [0.717, 1.165) is 19.1 Å². The summed E-state index contributed by atoms with van der Waals surface area (Å²) < 4.78 is 4.52. The van der Waals surface area contributed by atoms with Gasteiger partial charge in [0.1, 0.15) is 0 Å². The minimum Gasteiger partial charge on any atom is -0.435 e. The van der Waals surface area contributed by atoms with E-state index in [0.29, 0.717) is 6.42 Å². The molecule has 0 saturated heterocycles. The quantitative estimate of drug-likeness (QED) is 0.263. The van der Waals surface area contributed by atoms with Crippen LogP contribution in [0.5, 0.6) is 0 Å². The molecule has 0 bridgehead atoms. The summed E-state index contributed by atoms with van der Waals surface area (Å²) in [7, 11) is 0. The Morgan fingerprint density at radius 2 is 2.36 bits per heavy atom. The van der Waals surface area contributed by atoms with Crippen LogP contribution in [0.25, 0.3) is 0 Å². The molecule has 0 atom stereocenters. The summed E-state index contributed by atoms with van der Waals surface area (Å²) in [6.07, 6.45) is 7.41. The van der Waals surface area contributed by atoms with Crippen molar-refractivity contribution in [3.63, 3.8) is 0 Å². The Morgan fingerprint density at radius 1 is 1.64 bits per heavy atom. The minimum atomic E-state index is -0.204. The normalized spacial score (nSPS) is 9.91. The van der Waals surface area contributed by atoms with E-state index in [1.807, 2.05) is 19.1 Å². The van der Waals surface area contributed by atoms with E-state index in [2.05, 4.69) is 11.3 Å². The van der Waals surface area contributed by atoms with E-state index in [-0.39, 0.29) is 5.97 Å². The molecule has 0 rings (SSSR count). The molecule has 0 aromatic carbocycles. The maximum absolute atomic E-state index is 10.7. The first-order valence-electron chi connectivity index (χ1n) is 3.72. The van der Waals surface area contributed by atoms with E-state index in [1.165, 1.54) is 0 Å². The summed E-state index contributed by atoms with van der Waals surface area (Å²) in [4.78, 5) is 10.7. The molecule has 2 heteroatoms. The molecule has 0 N–H and O–H groups in total. The average molecular weight is 154 g/mol. The number of rotatable bonds is 5. The number of hydrogen-bond donors (Lipinski definition) is 0. The van der Waals surface area contributed by atoms with Gasteiger partial charge in [0.05, 0.1) is 6.26 Å². The Morgan fingerprint density at radius 3 is 2.91 bits per heavy atom. The molecule has 11 heavy (non-hydrogen) atoms. The van der Waals surface area contributed by atoms with Gasteiger partial charge in [0.25, 0.3) is 0 Å². The van der Waals surface area contributed by atoms with E-state index >= 15 is 0 Å². The monoisotopic (exact) mass is 154 g/mol. The van der Waals surface area contributed by atoms with Crippen LogP contribution in [0, 0.1) is 0 Å². The predicted molar refractivity (Wildman–Crippen MR) is 45.0 cm³/mol. The van der Waals surface area contributed by atoms with Crippen molar-refractivity contribution in [2.45, 2.75) is 26.2 Å². The van der Waals surface area contributed by atoms with Crippen LogP contribution in [0.3, 0.4) is 0 Å². The van der Waals surface area contributed by atoms with Gasteiger partial charge in [-0.3, -0.25) is 4.79 Å². The van der Waals surface area contributed by atoms with Gasteiger partial charge in [-0.1, -0.05) is 18.7 Å². The molecule has 62 valence electrons. The van der Waals surface area contributed by atoms with Gasteiger partial charge in [-0.15, -0.1) is 0 Å². The third kappa shape index (κ3) is 6.84. The third-order valence-electron chi connectivity index (χ3n) is 1.20. The van der Waals surface area contributed by atoms with Crippen LogP contribution < -0.4 is 0 Å². The molecule has 0 aromatic rings. The van der Waals surface area contributed by atoms with E-state index < -0.39 is 0 Å². The standard InChI is InChI=1S/C9H14O2/c1-3-5-6-7-8-9(10)11-4-2/h3-5H,2,6-8H2,1H3. The smallest absolute Gasteiger partial charge is 0.310 e. The second kappa shape index (κ2) is 7.06. The van der Waals surface area contributed by atoms with Crippen LogP contribution in [0.1, 0.15) is 26.2 Å². The topological polar surface area (TPSA) is 26.3 Å². The number of esters is 1. The van der Waals surface area contributed by atoms with Gasteiger partial charge < -0.3 is 4.74 Å². The van der Waals surface area contributed by atoms with Crippen LogP contribution in [-0.2, 0) is 9.53 Å². The van der Waals surface area contributed by atoms with Crippen molar-refractivity contribution < 1.29 is 9.53 Å². The van der Waals surface area contributed by atoms with E-state index in [4.69, 9.17) is 0 Å². The molecule has 0 aliphatic carbocycles. The lowest BCUT2D eigenvalue weighted by molar-refractivity contribution is -0.138. The van der Waals surface area contributed by atoms with E-state index in [1.54, 1.807) is 0 Å². The van der Waals surface area contributed by atoms with Crippen molar-refractivity contribution in [3.05, 3.63) is 25.0 Å². The highest BCUT2D eigenvalue weighted by Crippen LogP contribution is 1.98. The van der Waals surface area contributed by atoms with Crippen molar-refractivity contribution in [2.75, 3.05) is 0 Å². The SMILES string of the molecule is C=COC(=O)CCCC=CC. The molecule has 0 unspecified atom stereocenters. The fourth-order valence-electron chi connectivity index (χ4n) is 0.683. The van der Waals surface area contributed by atoms with E-state index in [9.17, 15) is 4.79 Å². The molecule has 0 radical (unpaired) electrons. The molecule has 0 amide bonds. The number of carbonyl (C=O) groups excluding carboxylic acids is 1. The lowest BCUT2D eigenvalue weighted by Crippen LogP contribution is -1.97. The van der Waals surface area contributed by atoms with Gasteiger partial charge in [-0.25, -0.2) is 0 Å². The molecular weight excluding hydrogens is 140 g/mol. The van der Waals surface area contributed by atoms with Gasteiger partial charge in [0.15, 0.2) is 0 Å². The molecule has 0 aliphatic heterocycles. The number of carbonyl (C=O) groups is 1. The van der Waals surface area contributed by atoms with Crippen LogP contribution in [0.2, 0.25) is 0 Å². The number of ether oxygens (including phenoxy) is 1. The minimum absolute atomic E-state index is 0.204. The molecule has 0 aromatic heterocycles. The average Bonchev–Trinajstić information content (AvgIpc) is 1.99. The number of allylic oxidation sites excluding steroid dienone is 2. The number of unbranched alkanes of at least 4 members (excludes halogenated alkanes) is 1. The summed E-state index contributed by atoms with van der Waals surface area (Å²) in [5, 5.41) is 0. The highest BCUT2D eigenvalue weighted by Gasteiger charge is 1.97. The molecule has 0 spiro atoms. The lowest BCUT2D eigenvalue weighted by Gasteiger charge is -1.95. The van der Waals surface area contributed by atoms with Crippen LogP contribution >= 0.6 is 0 Å². The second-order valence-corrected chi connectivity index (χ2v) is 2.12. The first-order valence-corrected chi connectivity index (χ1v) is 3.72. The molecule has 0 aliphatic rings. The van der Waals surface area contributed by atoms with Crippen molar-refractivity contribution in [3.8, 4) is 0 Å². The Hall–Kier alpha value is -1.05. The van der Waals surface area contributed by atoms with Gasteiger partial charge >= 0.3 is 5.97 Å². The summed E-state index contributed by atoms with van der Waals surface area (Å²) in [5.74, 6) is -0.204.